The van der Waals surface area contributed by atoms with Gasteiger partial charge in [-0.05, 0) is 19.1 Å². The summed E-state index contributed by atoms with van der Waals surface area (Å²) in [6, 6.07) is 3.55. The summed E-state index contributed by atoms with van der Waals surface area (Å²) >= 11 is 3.36. The van der Waals surface area contributed by atoms with E-state index in [-0.39, 0.29) is 5.56 Å². The van der Waals surface area contributed by atoms with Crippen molar-refractivity contribution in [2.75, 3.05) is 0 Å². The number of carboxylic acid groups (broad SMARTS) is 1. The molecule has 0 aliphatic carbocycles. The lowest BCUT2D eigenvalue weighted by atomic mass is 10.1. The van der Waals surface area contributed by atoms with Gasteiger partial charge in [0.05, 0.1) is 0 Å². The zero-order chi connectivity index (χ0) is 10.3. The van der Waals surface area contributed by atoms with E-state index in [1.54, 1.807) is 6.07 Å². The summed E-state index contributed by atoms with van der Waals surface area (Å²) in [5.41, 5.74) is 1.74. The number of rotatable bonds is 1. The van der Waals surface area contributed by atoms with E-state index in [4.69, 9.17) is 9.52 Å². The van der Waals surface area contributed by atoms with E-state index < -0.39 is 5.97 Å². The molecular weight excluding hydrogens is 248 g/mol. The third-order valence-corrected chi connectivity index (χ3v) is 3.01. The highest BCUT2D eigenvalue weighted by atomic mass is 79.9. The number of fused-ring (bicyclic) bond motifs is 1. The number of benzene rings is 1. The summed E-state index contributed by atoms with van der Waals surface area (Å²) in [4.78, 5) is 10.8. The van der Waals surface area contributed by atoms with Crippen molar-refractivity contribution in [3.05, 3.63) is 34.0 Å². The van der Waals surface area contributed by atoms with Gasteiger partial charge in [-0.1, -0.05) is 15.9 Å². The molecule has 0 bridgehead atoms. The lowest BCUT2D eigenvalue weighted by Crippen LogP contribution is -1.93. The SMILES string of the molecule is Cc1c(Br)ccc2c(C(=O)O)coc12. The Morgan fingerprint density at radius 2 is 2.21 bits per heavy atom. The Bertz CT molecular complexity index is 513. The Morgan fingerprint density at radius 3 is 2.86 bits per heavy atom. The van der Waals surface area contributed by atoms with E-state index in [0.29, 0.717) is 11.0 Å². The largest absolute Gasteiger partial charge is 0.478 e. The molecule has 14 heavy (non-hydrogen) atoms. The smallest absolute Gasteiger partial charge is 0.339 e. The molecule has 0 aliphatic rings. The molecule has 2 aromatic rings. The second kappa shape index (κ2) is 3.13. The predicted molar refractivity (Wildman–Crippen MR) is 55.6 cm³/mol. The van der Waals surface area contributed by atoms with Crippen LogP contribution in [0.2, 0.25) is 0 Å². The fourth-order valence-electron chi connectivity index (χ4n) is 1.38. The van der Waals surface area contributed by atoms with Gasteiger partial charge in [0.1, 0.15) is 17.4 Å². The quantitative estimate of drug-likeness (QED) is 0.851. The maximum absolute atomic E-state index is 10.8. The average molecular weight is 255 g/mol. The van der Waals surface area contributed by atoms with E-state index in [1.165, 1.54) is 6.26 Å². The zero-order valence-electron chi connectivity index (χ0n) is 7.37. The Hall–Kier alpha value is -1.29. The predicted octanol–water partition coefficient (Wildman–Crippen LogP) is 3.20. The van der Waals surface area contributed by atoms with Gasteiger partial charge < -0.3 is 9.52 Å². The van der Waals surface area contributed by atoms with Crippen LogP contribution in [0.15, 0.2) is 27.3 Å². The van der Waals surface area contributed by atoms with Crippen LogP contribution in [0.5, 0.6) is 0 Å². The molecular formula is C10H7BrO3. The Labute approximate surface area is 88.5 Å². The first-order chi connectivity index (χ1) is 6.61. The normalized spacial score (nSPS) is 10.7. The maximum atomic E-state index is 10.8. The van der Waals surface area contributed by atoms with Gasteiger partial charge in [-0.25, -0.2) is 4.79 Å². The zero-order valence-corrected chi connectivity index (χ0v) is 8.96. The van der Waals surface area contributed by atoms with Gasteiger partial charge in [0, 0.05) is 15.4 Å². The molecule has 1 aromatic heterocycles. The van der Waals surface area contributed by atoms with Gasteiger partial charge in [0.25, 0.3) is 0 Å². The van der Waals surface area contributed by atoms with Gasteiger partial charge in [0.2, 0.25) is 0 Å². The molecule has 1 heterocycles. The first-order valence-corrected chi connectivity index (χ1v) is 4.80. The van der Waals surface area contributed by atoms with Crippen molar-refractivity contribution in [3.8, 4) is 0 Å². The van der Waals surface area contributed by atoms with Crippen molar-refractivity contribution in [1.82, 2.24) is 0 Å². The summed E-state index contributed by atoms with van der Waals surface area (Å²) < 4.78 is 6.12. The molecule has 4 heteroatoms. The molecule has 0 spiro atoms. The molecule has 0 saturated heterocycles. The third kappa shape index (κ3) is 1.23. The number of halogens is 1. The van der Waals surface area contributed by atoms with Crippen LogP contribution in [0, 0.1) is 6.92 Å². The topological polar surface area (TPSA) is 50.4 Å². The average Bonchev–Trinajstić information content (AvgIpc) is 2.55. The van der Waals surface area contributed by atoms with Crippen LogP contribution < -0.4 is 0 Å². The second-order valence-corrected chi connectivity index (χ2v) is 3.86. The molecule has 0 unspecified atom stereocenters. The Balaban J connectivity index is 2.83. The minimum absolute atomic E-state index is 0.204. The van der Waals surface area contributed by atoms with Crippen molar-refractivity contribution < 1.29 is 14.3 Å². The van der Waals surface area contributed by atoms with Crippen LogP contribution in [0.25, 0.3) is 11.0 Å². The molecule has 3 nitrogen and oxygen atoms in total. The molecule has 0 radical (unpaired) electrons. The second-order valence-electron chi connectivity index (χ2n) is 3.00. The van der Waals surface area contributed by atoms with Crippen LogP contribution >= 0.6 is 15.9 Å². The summed E-state index contributed by atoms with van der Waals surface area (Å²) in [6.07, 6.45) is 1.27. The highest BCUT2D eigenvalue weighted by molar-refractivity contribution is 9.10. The maximum Gasteiger partial charge on any atom is 0.339 e. The fraction of sp³-hybridized carbons (Fsp3) is 0.100. The third-order valence-electron chi connectivity index (χ3n) is 2.15. The number of hydrogen-bond acceptors (Lipinski definition) is 2. The molecule has 1 aromatic carbocycles. The lowest BCUT2D eigenvalue weighted by Gasteiger charge is -1.97. The lowest BCUT2D eigenvalue weighted by molar-refractivity contribution is 0.0698. The summed E-state index contributed by atoms with van der Waals surface area (Å²) in [5, 5.41) is 9.50. The molecule has 0 atom stereocenters. The molecule has 2 rings (SSSR count). The Kier molecular flexibility index (Phi) is 2.07. The van der Waals surface area contributed by atoms with E-state index in [0.717, 1.165) is 10.0 Å². The van der Waals surface area contributed by atoms with Crippen LogP contribution in [0.4, 0.5) is 0 Å². The van der Waals surface area contributed by atoms with Crippen LogP contribution in [-0.2, 0) is 0 Å². The standard InChI is InChI=1S/C10H7BrO3/c1-5-8(11)3-2-6-7(10(12)13)4-14-9(5)6/h2-4H,1H3,(H,12,13). The molecule has 0 fully saturated rings. The first-order valence-electron chi connectivity index (χ1n) is 4.01. The van der Waals surface area contributed by atoms with Gasteiger partial charge in [-0.2, -0.15) is 0 Å². The van der Waals surface area contributed by atoms with Crippen LogP contribution in [0.1, 0.15) is 15.9 Å². The van der Waals surface area contributed by atoms with Crippen molar-refractivity contribution in [2.45, 2.75) is 6.92 Å². The summed E-state index contributed by atoms with van der Waals surface area (Å²) in [7, 11) is 0. The van der Waals surface area contributed by atoms with E-state index in [2.05, 4.69) is 15.9 Å². The van der Waals surface area contributed by atoms with Crippen molar-refractivity contribution in [3.63, 3.8) is 0 Å². The minimum Gasteiger partial charge on any atom is -0.478 e. The summed E-state index contributed by atoms with van der Waals surface area (Å²) in [5.74, 6) is -0.967. The van der Waals surface area contributed by atoms with E-state index in [1.807, 2.05) is 13.0 Å². The van der Waals surface area contributed by atoms with E-state index in [9.17, 15) is 4.79 Å². The van der Waals surface area contributed by atoms with Crippen LogP contribution in [-0.4, -0.2) is 11.1 Å². The summed E-state index contributed by atoms with van der Waals surface area (Å²) in [6.45, 7) is 1.88. The molecule has 72 valence electrons. The first kappa shape index (κ1) is 9.27. The molecule has 1 N–H and O–H groups in total. The van der Waals surface area contributed by atoms with Gasteiger partial charge in [-0.15, -0.1) is 0 Å². The minimum atomic E-state index is -0.967. The number of aryl methyl sites for hydroxylation is 1. The number of carbonyl (C=O) groups is 1. The molecule has 0 saturated carbocycles. The monoisotopic (exact) mass is 254 g/mol. The van der Waals surface area contributed by atoms with Gasteiger partial charge in [0.15, 0.2) is 0 Å². The van der Waals surface area contributed by atoms with E-state index >= 15 is 0 Å². The number of aromatic carboxylic acids is 1. The highest BCUT2D eigenvalue weighted by Gasteiger charge is 2.14. The van der Waals surface area contributed by atoms with Gasteiger partial charge in [-0.3, -0.25) is 0 Å². The number of hydrogen-bond donors (Lipinski definition) is 1. The highest BCUT2D eigenvalue weighted by Crippen LogP contribution is 2.29. The van der Waals surface area contributed by atoms with Crippen molar-refractivity contribution in [1.29, 1.82) is 0 Å². The van der Waals surface area contributed by atoms with Crippen LogP contribution in [0.3, 0.4) is 0 Å². The molecule has 0 aliphatic heterocycles. The fourth-order valence-corrected chi connectivity index (χ4v) is 1.69. The number of carboxylic acids is 1. The number of furan rings is 1. The van der Waals surface area contributed by atoms with Gasteiger partial charge >= 0.3 is 5.97 Å². The van der Waals surface area contributed by atoms with Crippen molar-refractivity contribution in [2.24, 2.45) is 0 Å². The van der Waals surface area contributed by atoms with Crippen molar-refractivity contribution >= 4 is 32.9 Å². The molecule has 0 amide bonds. The Morgan fingerprint density at radius 1 is 1.50 bits per heavy atom.